The van der Waals surface area contributed by atoms with Gasteiger partial charge in [-0.25, -0.2) is 0 Å². The molecule has 0 radical (unpaired) electrons. The molecule has 3 heteroatoms. The van der Waals surface area contributed by atoms with Gasteiger partial charge in [-0.2, -0.15) is 0 Å². The van der Waals surface area contributed by atoms with Gasteiger partial charge in [-0.05, 0) is 0 Å². The summed E-state index contributed by atoms with van der Waals surface area (Å²) in [5.74, 6) is 0.793. The van der Waals surface area contributed by atoms with Gasteiger partial charge in [0.1, 0.15) is 0 Å². The van der Waals surface area contributed by atoms with Crippen molar-refractivity contribution >= 4 is 10.1 Å². The number of carbonyl (C=O) groups is 1. The minimum atomic E-state index is 0.133. The number of carbonyl (C=O) groups excluding carboxylic acids is 1. The first-order valence-corrected chi connectivity index (χ1v) is 5.00. The molecule has 0 aromatic carbocycles. The van der Waals surface area contributed by atoms with Gasteiger partial charge in [-0.3, -0.25) is 0 Å². The van der Waals surface area contributed by atoms with Crippen molar-refractivity contribution in [2.45, 2.75) is 33.6 Å². The SMILES string of the molecule is C[C](=[V])CC(=O)NCCC(C)C. The molecule has 0 aromatic rings. The molecule has 1 amide bonds. The number of nitrogens with one attached hydrogen (secondary N) is 1. The van der Waals surface area contributed by atoms with Crippen molar-refractivity contribution in [3.8, 4) is 0 Å². The molecule has 12 heavy (non-hydrogen) atoms. The zero-order valence-corrected chi connectivity index (χ0v) is 9.45. The Labute approximate surface area is 83.6 Å². The molecule has 0 aromatic heterocycles. The summed E-state index contributed by atoms with van der Waals surface area (Å²) < 4.78 is 1.10. The van der Waals surface area contributed by atoms with E-state index in [0.717, 1.165) is 17.2 Å². The van der Waals surface area contributed by atoms with E-state index in [1.807, 2.05) is 6.92 Å². The minimum absolute atomic E-state index is 0.133. The van der Waals surface area contributed by atoms with Crippen LogP contribution in [-0.2, 0) is 21.8 Å². The molecule has 69 valence electrons. The quantitative estimate of drug-likeness (QED) is 0.721. The molecule has 1 N–H and O–H groups in total. The molecule has 0 unspecified atom stereocenters. The average Bonchev–Trinajstić information content (AvgIpc) is 1.84. The normalized spacial score (nSPS) is 9.92. The molecule has 0 aliphatic heterocycles. The molecule has 0 atom stereocenters. The van der Waals surface area contributed by atoms with E-state index in [4.69, 9.17) is 0 Å². The van der Waals surface area contributed by atoms with Gasteiger partial charge in [-0.15, -0.1) is 0 Å². The van der Waals surface area contributed by atoms with Crippen LogP contribution in [0.5, 0.6) is 0 Å². The molecule has 2 nitrogen and oxygen atoms in total. The molecule has 0 rings (SSSR count). The Morgan fingerprint density at radius 2 is 2.08 bits per heavy atom. The Bertz CT molecular complexity index is 166. The summed E-state index contributed by atoms with van der Waals surface area (Å²) in [5.41, 5.74) is 0. The van der Waals surface area contributed by atoms with Crippen LogP contribution in [0.3, 0.4) is 0 Å². The van der Waals surface area contributed by atoms with Gasteiger partial charge in [0.2, 0.25) is 0 Å². The van der Waals surface area contributed by atoms with Crippen molar-refractivity contribution in [1.82, 2.24) is 5.32 Å². The Morgan fingerprint density at radius 1 is 1.50 bits per heavy atom. The molecule has 0 spiro atoms. The number of rotatable bonds is 5. The van der Waals surface area contributed by atoms with Crippen LogP contribution in [0.1, 0.15) is 33.6 Å². The van der Waals surface area contributed by atoms with Gasteiger partial charge in [-0.1, -0.05) is 0 Å². The van der Waals surface area contributed by atoms with Crippen LogP contribution in [0, 0.1) is 5.92 Å². The van der Waals surface area contributed by atoms with Gasteiger partial charge in [0, 0.05) is 0 Å². The molecule has 0 saturated heterocycles. The van der Waals surface area contributed by atoms with Crippen LogP contribution < -0.4 is 5.32 Å². The monoisotopic (exact) mass is 206 g/mol. The van der Waals surface area contributed by atoms with Crippen LogP contribution in [0.4, 0.5) is 0 Å². The van der Waals surface area contributed by atoms with Gasteiger partial charge >= 0.3 is 83.3 Å². The third-order valence-corrected chi connectivity index (χ3v) is 1.71. The fourth-order valence-corrected chi connectivity index (χ4v) is 1.02. The van der Waals surface area contributed by atoms with E-state index in [1.54, 1.807) is 0 Å². The Balaban J connectivity index is 3.38. The summed E-state index contributed by atoms with van der Waals surface area (Å²) in [7, 11) is 0. The van der Waals surface area contributed by atoms with E-state index < -0.39 is 0 Å². The van der Waals surface area contributed by atoms with Crippen molar-refractivity contribution < 1.29 is 21.8 Å². The number of hydrogen-bond donors (Lipinski definition) is 1. The zero-order valence-electron chi connectivity index (χ0n) is 8.05. The summed E-state index contributed by atoms with van der Waals surface area (Å²) in [6.07, 6.45) is 1.60. The van der Waals surface area contributed by atoms with Crippen LogP contribution in [0.2, 0.25) is 0 Å². The van der Waals surface area contributed by atoms with Crippen LogP contribution in [0.15, 0.2) is 0 Å². The second-order valence-electron chi connectivity index (χ2n) is 3.44. The van der Waals surface area contributed by atoms with Crippen LogP contribution in [0.25, 0.3) is 0 Å². The third kappa shape index (κ3) is 8.03. The second-order valence-corrected chi connectivity index (χ2v) is 4.64. The maximum atomic E-state index is 11.1. The fourth-order valence-electron chi connectivity index (χ4n) is 0.795. The predicted octanol–water partition coefficient (Wildman–Crippen LogP) is 1.28. The van der Waals surface area contributed by atoms with Crippen molar-refractivity contribution in [3.63, 3.8) is 0 Å². The van der Waals surface area contributed by atoms with E-state index in [1.165, 1.54) is 0 Å². The first-order valence-electron chi connectivity index (χ1n) is 4.30. The molecule has 0 aliphatic rings. The van der Waals surface area contributed by atoms with Crippen molar-refractivity contribution in [3.05, 3.63) is 0 Å². The maximum absolute atomic E-state index is 11.1. The summed E-state index contributed by atoms with van der Waals surface area (Å²) >= 11 is 2.40. The summed E-state index contributed by atoms with van der Waals surface area (Å²) in [6, 6.07) is 0. The van der Waals surface area contributed by atoms with E-state index >= 15 is 0 Å². The van der Waals surface area contributed by atoms with Gasteiger partial charge in [0.25, 0.3) is 0 Å². The zero-order chi connectivity index (χ0) is 9.56. The standard InChI is InChI=1S/C9H17NO.V/c1-4-5-9(11)10-7-6-8(2)3;/h8H,5-7H2,1-3H3,(H,10,11);. The second kappa shape index (κ2) is 6.44. The summed E-state index contributed by atoms with van der Waals surface area (Å²) in [4.78, 5) is 11.1. The van der Waals surface area contributed by atoms with Crippen LogP contribution >= 0.6 is 0 Å². The summed E-state index contributed by atoms with van der Waals surface area (Å²) in [5, 5.41) is 2.88. The average molecular weight is 206 g/mol. The van der Waals surface area contributed by atoms with E-state index in [-0.39, 0.29) is 5.91 Å². The molecule has 0 heterocycles. The Hall–Kier alpha value is -0.0756. The molecule has 0 saturated carbocycles. The van der Waals surface area contributed by atoms with E-state index in [2.05, 4.69) is 36.1 Å². The van der Waals surface area contributed by atoms with Crippen LogP contribution in [-0.4, -0.2) is 16.7 Å². The van der Waals surface area contributed by atoms with Crippen molar-refractivity contribution in [1.29, 1.82) is 0 Å². The van der Waals surface area contributed by atoms with Crippen molar-refractivity contribution in [2.75, 3.05) is 6.54 Å². The molecule has 0 fully saturated rings. The van der Waals surface area contributed by atoms with Crippen molar-refractivity contribution in [2.24, 2.45) is 5.92 Å². The Kier molecular flexibility index (Phi) is 6.40. The first-order chi connectivity index (χ1) is 5.52. The third-order valence-electron chi connectivity index (χ3n) is 1.46. The van der Waals surface area contributed by atoms with E-state index in [0.29, 0.717) is 12.3 Å². The topological polar surface area (TPSA) is 29.1 Å². The Morgan fingerprint density at radius 3 is 2.50 bits per heavy atom. The van der Waals surface area contributed by atoms with Gasteiger partial charge in [0.05, 0.1) is 0 Å². The van der Waals surface area contributed by atoms with Gasteiger partial charge < -0.3 is 0 Å². The number of amides is 1. The molecular weight excluding hydrogens is 189 g/mol. The van der Waals surface area contributed by atoms with Gasteiger partial charge in [0.15, 0.2) is 0 Å². The number of hydrogen-bond acceptors (Lipinski definition) is 1. The van der Waals surface area contributed by atoms with E-state index in [9.17, 15) is 4.79 Å². The first kappa shape index (κ1) is 11.9. The summed E-state index contributed by atoms with van der Waals surface area (Å²) in [6.45, 7) is 7.05. The fraction of sp³-hybridized carbons (Fsp3) is 0.778. The molecule has 0 aliphatic carbocycles. The predicted molar refractivity (Wildman–Crippen MR) is 47.8 cm³/mol. The molecular formula is C9H17NOV. The molecule has 0 bridgehead atoms.